The molecule has 0 saturated heterocycles. The van der Waals surface area contributed by atoms with Crippen molar-refractivity contribution in [1.82, 2.24) is 0 Å². The Morgan fingerprint density at radius 1 is 0.655 bits per heavy atom. The Hall–Kier alpha value is -2.19. The molecule has 2 heteroatoms. The van der Waals surface area contributed by atoms with E-state index in [2.05, 4.69) is 94.6 Å². The number of phenolic OH excluding ortho intramolecular Hbond substituents is 1. The van der Waals surface area contributed by atoms with Crippen LogP contribution in [0.2, 0.25) is 0 Å². The summed E-state index contributed by atoms with van der Waals surface area (Å²) in [6.45, 7) is 8.92. The number of rotatable bonds is 7. The minimum absolute atomic E-state index is 0.132. The number of hydrogen-bond acceptors (Lipinski definition) is 2. The van der Waals surface area contributed by atoms with Crippen LogP contribution < -0.4 is 0 Å². The van der Waals surface area contributed by atoms with Crippen LogP contribution in [0.25, 0.3) is 0 Å². The van der Waals surface area contributed by atoms with E-state index in [9.17, 15) is 5.11 Å². The van der Waals surface area contributed by atoms with Gasteiger partial charge in [0.05, 0.1) is 0 Å². The van der Waals surface area contributed by atoms with E-state index >= 15 is 0 Å². The number of hydrogen-bond donors (Lipinski definition) is 1. The van der Waals surface area contributed by atoms with Gasteiger partial charge in [-0.05, 0) is 28.9 Å². The van der Waals surface area contributed by atoms with Gasteiger partial charge in [-0.1, -0.05) is 100 Å². The van der Waals surface area contributed by atoms with Crippen LogP contribution in [0.15, 0.2) is 72.8 Å². The van der Waals surface area contributed by atoms with Gasteiger partial charge in [0.25, 0.3) is 0 Å². The van der Waals surface area contributed by atoms with Gasteiger partial charge in [0.15, 0.2) is 0 Å². The van der Waals surface area contributed by atoms with Crippen molar-refractivity contribution in [2.24, 2.45) is 5.92 Å². The molecule has 0 heterocycles. The zero-order valence-electron chi connectivity index (χ0n) is 18.1. The van der Waals surface area contributed by atoms with Gasteiger partial charge in [-0.15, -0.1) is 0 Å². The zero-order chi connectivity index (χ0) is 21.0. The summed E-state index contributed by atoms with van der Waals surface area (Å²) in [4.78, 5) is 0. The maximum absolute atomic E-state index is 11.4. The number of benzene rings is 3. The summed E-state index contributed by atoms with van der Waals surface area (Å²) in [5.74, 6) is 1.22. The van der Waals surface area contributed by atoms with Crippen molar-refractivity contribution >= 4 is 11.8 Å². The molecule has 1 N–H and O–H groups in total. The summed E-state index contributed by atoms with van der Waals surface area (Å²) in [6.07, 6.45) is 2.18. The number of thioether (sulfide) groups is 1. The third-order valence-electron chi connectivity index (χ3n) is 5.91. The molecule has 0 radical (unpaired) electrons. The van der Waals surface area contributed by atoms with Gasteiger partial charge in [-0.25, -0.2) is 0 Å². The van der Waals surface area contributed by atoms with Crippen molar-refractivity contribution in [1.29, 1.82) is 0 Å². The van der Waals surface area contributed by atoms with Crippen molar-refractivity contribution in [2.45, 2.75) is 44.8 Å². The standard InChI is InChI=1S/C27H32OS/c1-18(2)27(29-5)23-16-24(19(3)21-12-8-6-9-13-21)26(28)25(17-23)20(4)22-14-10-7-11-15-22/h6-20,27-28H,1-5H3. The van der Waals surface area contributed by atoms with Crippen molar-refractivity contribution in [3.8, 4) is 5.75 Å². The highest BCUT2D eigenvalue weighted by Crippen LogP contribution is 2.44. The molecule has 0 aliphatic carbocycles. The van der Waals surface area contributed by atoms with E-state index in [-0.39, 0.29) is 11.8 Å². The molecule has 0 aliphatic heterocycles. The zero-order valence-corrected chi connectivity index (χ0v) is 18.9. The van der Waals surface area contributed by atoms with Gasteiger partial charge in [0.2, 0.25) is 0 Å². The molecular formula is C27H32OS. The maximum atomic E-state index is 11.4. The molecule has 0 bridgehead atoms. The maximum Gasteiger partial charge on any atom is 0.123 e. The van der Waals surface area contributed by atoms with E-state index in [0.717, 1.165) is 11.1 Å². The first kappa shape index (κ1) is 21.5. The molecule has 0 spiro atoms. The quantitative estimate of drug-likeness (QED) is 0.434. The molecule has 0 fully saturated rings. The van der Waals surface area contributed by atoms with E-state index in [1.165, 1.54) is 16.7 Å². The van der Waals surface area contributed by atoms with Crippen LogP contribution in [0, 0.1) is 5.92 Å². The largest absolute Gasteiger partial charge is 0.507 e. The molecule has 0 amide bonds. The van der Waals surface area contributed by atoms with E-state index in [0.29, 0.717) is 16.9 Å². The minimum Gasteiger partial charge on any atom is -0.507 e. The van der Waals surface area contributed by atoms with E-state index < -0.39 is 0 Å². The topological polar surface area (TPSA) is 20.2 Å². The lowest BCUT2D eigenvalue weighted by molar-refractivity contribution is 0.456. The molecule has 3 atom stereocenters. The van der Waals surface area contributed by atoms with Crippen molar-refractivity contribution in [3.05, 3.63) is 101 Å². The third kappa shape index (κ3) is 4.70. The molecule has 0 saturated carbocycles. The fraction of sp³-hybridized carbons (Fsp3) is 0.333. The molecule has 3 aromatic rings. The van der Waals surface area contributed by atoms with Crippen LogP contribution in [-0.4, -0.2) is 11.4 Å². The molecule has 1 nitrogen and oxygen atoms in total. The number of phenols is 1. The fourth-order valence-electron chi connectivity index (χ4n) is 4.16. The van der Waals surface area contributed by atoms with Crippen molar-refractivity contribution in [2.75, 3.05) is 6.26 Å². The Morgan fingerprint density at radius 3 is 1.41 bits per heavy atom. The third-order valence-corrected chi connectivity index (χ3v) is 7.24. The molecule has 3 unspecified atom stereocenters. The Bertz CT molecular complexity index is 851. The summed E-state index contributed by atoms with van der Waals surface area (Å²) >= 11 is 1.89. The van der Waals surface area contributed by atoms with Gasteiger partial charge in [0.1, 0.15) is 5.75 Å². The lowest BCUT2D eigenvalue weighted by atomic mass is 9.83. The van der Waals surface area contributed by atoms with Gasteiger partial charge >= 0.3 is 0 Å². The molecule has 29 heavy (non-hydrogen) atoms. The molecule has 0 aliphatic rings. The van der Waals surface area contributed by atoms with Gasteiger partial charge in [-0.3, -0.25) is 0 Å². The summed E-state index contributed by atoms with van der Waals surface area (Å²) in [5.41, 5.74) is 5.80. The fourth-order valence-corrected chi connectivity index (χ4v) is 5.12. The van der Waals surface area contributed by atoms with Crippen LogP contribution in [-0.2, 0) is 0 Å². The van der Waals surface area contributed by atoms with Crippen LogP contribution in [0.4, 0.5) is 0 Å². The lowest BCUT2D eigenvalue weighted by Crippen LogP contribution is -2.08. The molecule has 3 aromatic carbocycles. The monoisotopic (exact) mass is 404 g/mol. The smallest absolute Gasteiger partial charge is 0.123 e. The predicted molar refractivity (Wildman–Crippen MR) is 127 cm³/mol. The van der Waals surface area contributed by atoms with Gasteiger partial charge in [-0.2, -0.15) is 11.8 Å². The molecule has 0 aromatic heterocycles. The number of aromatic hydroxyl groups is 1. The van der Waals surface area contributed by atoms with Crippen molar-refractivity contribution in [3.63, 3.8) is 0 Å². The first-order chi connectivity index (χ1) is 13.9. The lowest BCUT2D eigenvalue weighted by Gasteiger charge is -2.26. The highest BCUT2D eigenvalue weighted by atomic mass is 32.2. The second-order valence-electron chi connectivity index (χ2n) is 8.21. The van der Waals surface area contributed by atoms with Gasteiger partial charge in [0, 0.05) is 28.2 Å². The van der Waals surface area contributed by atoms with Crippen molar-refractivity contribution < 1.29 is 5.11 Å². The van der Waals surface area contributed by atoms with E-state index in [1.54, 1.807) is 0 Å². The summed E-state index contributed by atoms with van der Waals surface area (Å²) in [7, 11) is 0. The molecular weight excluding hydrogens is 372 g/mol. The molecule has 3 rings (SSSR count). The predicted octanol–water partition coefficient (Wildman–Crippen LogP) is 7.76. The first-order valence-electron chi connectivity index (χ1n) is 10.4. The van der Waals surface area contributed by atoms with Crippen LogP contribution in [0.3, 0.4) is 0 Å². The second-order valence-corrected chi connectivity index (χ2v) is 9.19. The Labute approximate surface area is 180 Å². The van der Waals surface area contributed by atoms with E-state index in [4.69, 9.17) is 0 Å². The van der Waals surface area contributed by atoms with E-state index in [1.807, 2.05) is 23.9 Å². The second kappa shape index (κ2) is 9.54. The average molecular weight is 405 g/mol. The summed E-state index contributed by atoms with van der Waals surface area (Å²) in [6, 6.07) is 25.4. The first-order valence-corrected chi connectivity index (χ1v) is 11.7. The normalized spacial score (nSPS) is 14.6. The highest BCUT2D eigenvalue weighted by molar-refractivity contribution is 7.98. The Balaban J connectivity index is 2.17. The minimum atomic E-state index is 0.132. The Morgan fingerprint density at radius 2 is 1.07 bits per heavy atom. The van der Waals surface area contributed by atoms with Crippen LogP contribution >= 0.6 is 11.8 Å². The highest BCUT2D eigenvalue weighted by Gasteiger charge is 2.24. The van der Waals surface area contributed by atoms with Crippen LogP contribution in [0.1, 0.15) is 72.6 Å². The average Bonchev–Trinajstić information content (AvgIpc) is 2.75. The SMILES string of the molecule is CSC(c1cc(C(C)c2ccccc2)c(O)c(C(C)c2ccccc2)c1)C(C)C. The Kier molecular flexibility index (Phi) is 7.08. The van der Waals surface area contributed by atoms with Gasteiger partial charge < -0.3 is 5.11 Å². The summed E-state index contributed by atoms with van der Waals surface area (Å²) in [5, 5.41) is 11.8. The summed E-state index contributed by atoms with van der Waals surface area (Å²) < 4.78 is 0. The van der Waals surface area contributed by atoms with Crippen LogP contribution in [0.5, 0.6) is 5.75 Å². The molecule has 152 valence electrons.